The molecular formula is C11H20ClN5. The average molecular weight is 258 g/mol. The van der Waals surface area contributed by atoms with Gasteiger partial charge in [-0.1, -0.05) is 13.8 Å². The predicted octanol–water partition coefficient (Wildman–Crippen LogP) is 2.44. The van der Waals surface area contributed by atoms with Crippen LogP contribution in [0, 0.1) is 5.92 Å². The molecule has 0 aromatic carbocycles. The van der Waals surface area contributed by atoms with Gasteiger partial charge in [-0.2, -0.15) is 15.0 Å². The second-order valence-electron chi connectivity index (χ2n) is 4.80. The van der Waals surface area contributed by atoms with E-state index in [2.05, 4.69) is 41.0 Å². The molecule has 96 valence electrons. The highest BCUT2D eigenvalue weighted by Gasteiger charge is 2.10. The van der Waals surface area contributed by atoms with Crippen molar-refractivity contribution in [3.8, 4) is 0 Å². The number of halogens is 1. The van der Waals surface area contributed by atoms with Crippen LogP contribution in [-0.4, -0.2) is 35.1 Å². The molecule has 0 aliphatic rings. The maximum atomic E-state index is 5.85. The molecule has 0 aliphatic heterocycles. The normalized spacial score (nSPS) is 12.6. The van der Waals surface area contributed by atoms with Crippen molar-refractivity contribution in [2.75, 3.05) is 24.3 Å². The van der Waals surface area contributed by atoms with Crippen LogP contribution in [-0.2, 0) is 0 Å². The van der Waals surface area contributed by atoms with Crippen LogP contribution in [0.2, 0.25) is 5.28 Å². The molecule has 1 atom stereocenters. The van der Waals surface area contributed by atoms with Crippen molar-refractivity contribution < 1.29 is 0 Å². The summed E-state index contributed by atoms with van der Waals surface area (Å²) in [5, 5.41) is 3.45. The van der Waals surface area contributed by atoms with Gasteiger partial charge in [0, 0.05) is 20.1 Å². The summed E-state index contributed by atoms with van der Waals surface area (Å²) in [5.74, 6) is 1.72. The fraction of sp³-hybridized carbons (Fsp3) is 0.727. The molecule has 5 nitrogen and oxygen atoms in total. The summed E-state index contributed by atoms with van der Waals surface area (Å²) in [6.07, 6.45) is 1.06. The molecule has 0 spiro atoms. The lowest BCUT2D eigenvalue weighted by atomic mass is 10.1. The van der Waals surface area contributed by atoms with Gasteiger partial charge in [-0.15, -0.1) is 0 Å². The summed E-state index contributed by atoms with van der Waals surface area (Å²) in [6.45, 7) is 6.47. The molecule has 0 aliphatic carbocycles. The van der Waals surface area contributed by atoms with Gasteiger partial charge in [0.1, 0.15) is 0 Å². The quantitative estimate of drug-likeness (QED) is 0.878. The predicted molar refractivity (Wildman–Crippen MR) is 71.7 cm³/mol. The van der Waals surface area contributed by atoms with E-state index in [9.17, 15) is 0 Å². The van der Waals surface area contributed by atoms with Crippen LogP contribution in [0.15, 0.2) is 0 Å². The van der Waals surface area contributed by atoms with Gasteiger partial charge in [0.05, 0.1) is 0 Å². The van der Waals surface area contributed by atoms with E-state index in [1.165, 1.54) is 0 Å². The Bertz CT molecular complexity index is 367. The van der Waals surface area contributed by atoms with Crippen LogP contribution in [0.25, 0.3) is 0 Å². The lowest BCUT2D eigenvalue weighted by Crippen LogP contribution is -2.21. The second kappa shape index (κ2) is 6.00. The minimum Gasteiger partial charge on any atom is -0.352 e. The highest BCUT2D eigenvalue weighted by molar-refractivity contribution is 6.28. The van der Waals surface area contributed by atoms with Crippen molar-refractivity contribution in [3.63, 3.8) is 0 Å². The highest BCUT2D eigenvalue weighted by atomic mass is 35.5. The third-order valence-electron chi connectivity index (χ3n) is 2.20. The number of nitrogens with one attached hydrogen (secondary N) is 1. The zero-order valence-corrected chi connectivity index (χ0v) is 11.8. The Morgan fingerprint density at radius 2 is 1.82 bits per heavy atom. The molecule has 0 saturated heterocycles. The number of anilines is 2. The Kier molecular flexibility index (Phi) is 4.93. The summed E-state index contributed by atoms with van der Waals surface area (Å²) >= 11 is 5.85. The van der Waals surface area contributed by atoms with Crippen molar-refractivity contribution in [3.05, 3.63) is 5.28 Å². The molecule has 1 unspecified atom stereocenters. The SMILES string of the molecule is CC(C)CC(C)Nc1nc(Cl)nc(N(C)C)n1. The first-order chi connectivity index (χ1) is 7.88. The van der Waals surface area contributed by atoms with Gasteiger partial charge >= 0.3 is 0 Å². The van der Waals surface area contributed by atoms with E-state index in [4.69, 9.17) is 11.6 Å². The van der Waals surface area contributed by atoms with Gasteiger partial charge in [0.15, 0.2) is 0 Å². The van der Waals surface area contributed by atoms with Crippen LogP contribution in [0.5, 0.6) is 0 Å². The summed E-state index contributed by atoms with van der Waals surface area (Å²) < 4.78 is 0. The van der Waals surface area contributed by atoms with Gasteiger partial charge < -0.3 is 10.2 Å². The molecular weight excluding hydrogens is 238 g/mol. The zero-order valence-electron chi connectivity index (χ0n) is 11.0. The Labute approximate surface area is 108 Å². The maximum Gasteiger partial charge on any atom is 0.230 e. The lowest BCUT2D eigenvalue weighted by molar-refractivity contribution is 0.537. The molecule has 1 N–H and O–H groups in total. The summed E-state index contributed by atoms with van der Waals surface area (Å²) in [4.78, 5) is 14.2. The molecule has 1 rings (SSSR count). The Morgan fingerprint density at radius 3 is 2.35 bits per heavy atom. The van der Waals surface area contributed by atoms with Crippen LogP contribution in [0.1, 0.15) is 27.2 Å². The monoisotopic (exact) mass is 257 g/mol. The number of rotatable bonds is 5. The van der Waals surface area contributed by atoms with Crippen LogP contribution < -0.4 is 10.2 Å². The summed E-state index contributed by atoms with van der Waals surface area (Å²) in [7, 11) is 3.74. The van der Waals surface area contributed by atoms with Gasteiger partial charge in [-0.3, -0.25) is 0 Å². The summed E-state index contributed by atoms with van der Waals surface area (Å²) in [5.41, 5.74) is 0. The molecule has 0 amide bonds. The third kappa shape index (κ3) is 4.73. The molecule has 0 bridgehead atoms. The summed E-state index contributed by atoms with van der Waals surface area (Å²) in [6, 6.07) is 0.309. The molecule has 1 aromatic heterocycles. The number of hydrogen-bond acceptors (Lipinski definition) is 5. The number of nitrogens with zero attached hydrogens (tertiary/aromatic N) is 4. The zero-order chi connectivity index (χ0) is 13.0. The van der Waals surface area contributed by atoms with E-state index in [0.717, 1.165) is 6.42 Å². The topological polar surface area (TPSA) is 53.9 Å². The maximum absolute atomic E-state index is 5.85. The number of hydrogen-bond donors (Lipinski definition) is 1. The van der Waals surface area contributed by atoms with Crippen LogP contribution >= 0.6 is 11.6 Å². The van der Waals surface area contributed by atoms with Crippen molar-refractivity contribution in [2.45, 2.75) is 33.2 Å². The number of aromatic nitrogens is 3. The van der Waals surface area contributed by atoms with Gasteiger partial charge in [0.25, 0.3) is 0 Å². The Hall–Kier alpha value is -1.10. The van der Waals surface area contributed by atoms with Crippen molar-refractivity contribution in [1.29, 1.82) is 0 Å². The van der Waals surface area contributed by atoms with E-state index in [1.54, 1.807) is 4.90 Å². The van der Waals surface area contributed by atoms with E-state index >= 15 is 0 Å². The standard InChI is InChI=1S/C11H20ClN5/c1-7(2)6-8(3)13-10-14-9(12)15-11(16-10)17(4)5/h7-8H,6H2,1-5H3,(H,13,14,15,16). The molecule has 1 aromatic rings. The Balaban J connectivity index is 2.77. The molecule has 0 saturated carbocycles. The van der Waals surface area contributed by atoms with Crippen LogP contribution in [0.4, 0.5) is 11.9 Å². The van der Waals surface area contributed by atoms with E-state index in [1.807, 2.05) is 14.1 Å². The van der Waals surface area contributed by atoms with Gasteiger partial charge in [-0.05, 0) is 30.9 Å². The first-order valence-corrected chi connectivity index (χ1v) is 6.11. The van der Waals surface area contributed by atoms with Crippen molar-refractivity contribution in [2.24, 2.45) is 5.92 Å². The van der Waals surface area contributed by atoms with Gasteiger partial charge in [-0.25, -0.2) is 0 Å². The minimum atomic E-state index is 0.211. The first kappa shape index (κ1) is 14.0. The Morgan fingerprint density at radius 1 is 1.18 bits per heavy atom. The first-order valence-electron chi connectivity index (χ1n) is 5.74. The molecule has 17 heavy (non-hydrogen) atoms. The fourth-order valence-corrected chi connectivity index (χ4v) is 1.75. The molecule has 0 fully saturated rings. The minimum absolute atomic E-state index is 0.211. The second-order valence-corrected chi connectivity index (χ2v) is 5.14. The van der Waals surface area contributed by atoms with Crippen molar-refractivity contribution in [1.82, 2.24) is 15.0 Å². The fourth-order valence-electron chi connectivity index (χ4n) is 1.59. The molecule has 0 radical (unpaired) electrons. The smallest absolute Gasteiger partial charge is 0.230 e. The van der Waals surface area contributed by atoms with E-state index < -0.39 is 0 Å². The van der Waals surface area contributed by atoms with Crippen LogP contribution in [0.3, 0.4) is 0 Å². The van der Waals surface area contributed by atoms with E-state index in [-0.39, 0.29) is 5.28 Å². The highest BCUT2D eigenvalue weighted by Crippen LogP contribution is 2.14. The van der Waals surface area contributed by atoms with Crippen molar-refractivity contribution >= 4 is 23.5 Å². The molecule has 6 heteroatoms. The van der Waals surface area contributed by atoms with E-state index in [0.29, 0.717) is 23.9 Å². The largest absolute Gasteiger partial charge is 0.352 e. The average Bonchev–Trinajstić information content (AvgIpc) is 2.14. The lowest BCUT2D eigenvalue weighted by Gasteiger charge is -2.17. The van der Waals surface area contributed by atoms with Gasteiger partial charge in [0.2, 0.25) is 17.2 Å². The third-order valence-corrected chi connectivity index (χ3v) is 2.37. The molecule has 1 heterocycles.